The van der Waals surface area contributed by atoms with E-state index in [0.29, 0.717) is 16.5 Å². The second kappa shape index (κ2) is 5.37. The maximum Gasteiger partial charge on any atom is 0.199 e. The Hall–Kier alpha value is -1.59. The van der Waals surface area contributed by atoms with Gasteiger partial charge in [-0.2, -0.15) is 0 Å². The van der Waals surface area contributed by atoms with E-state index in [1.807, 2.05) is 0 Å². The molecule has 0 saturated carbocycles. The Morgan fingerprint density at radius 2 is 2.06 bits per heavy atom. The minimum Gasteiger partial charge on any atom is -0.490 e. The van der Waals surface area contributed by atoms with Gasteiger partial charge in [0.1, 0.15) is 12.1 Å². The number of methoxy groups -OCH3 is 1. The van der Waals surface area contributed by atoms with Crippen LogP contribution < -0.4 is 10.1 Å². The third-order valence-corrected chi connectivity index (χ3v) is 2.74. The van der Waals surface area contributed by atoms with Gasteiger partial charge in [-0.05, 0) is 18.2 Å². The van der Waals surface area contributed by atoms with Crippen molar-refractivity contribution in [2.45, 2.75) is 0 Å². The van der Waals surface area contributed by atoms with Crippen LogP contribution in [0.1, 0.15) is 0 Å². The Labute approximate surface area is 113 Å². The van der Waals surface area contributed by atoms with Crippen LogP contribution >= 0.6 is 23.2 Å². The van der Waals surface area contributed by atoms with Gasteiger partial charge in [0.2, 0.25) is 0 Å². The van der Waals surface area contributed by atoms with Gasteiger partial charge in [0, 0.05) is 0 Å². The fourth-order valence-corrected chi connectivity index (χ4v) is 1.72. The van der Waals surface area contributed by atoms with Crippen LogP contribution in [0.5, 0.6) is 5.75 Å². The van der Waals surface area contributed by atoms with E-state index in [4.69, 9.17) is 27.9 Å². The van der Waals surface area contributed by atoms with E-state index in [9.17, 15) is 4.39 Å². The van der Waals surface area contributed by atoms with Crippen LogP contribution in [0.3, 0.4) is 0 Å². The van der Waals surface area contributed by atoms with E-state index in [-0.39, 0.29) is 10.9 Å². The summed E-state index contributed by atoms with van der Waals surface area (Å²) in [5, 5.41) is 3.35. The number of hydrogen-bond donors (Lipinski definition) is 1. The van der Waals surface area contributed by atoms with Crippen LogP contribution in [0.25, 0.3) is 0 Å². The molecule has 0 unspecified atom stereocenters. The van der Waals surface area contributed by atoms with E-state index < -0.39 is 5.82 Å². The topological polar surface area (TPSA) is 47.0 Å². The standard InChI is InChI=1S/C11H8Cl2FN3O/c1-18-9-10(13)15-5-16-11(9)17-8-4-6(14)2-3-7(8)12/h2-5H,1H3,(H,15,16,17). The summed E-state index contributed by atoms with van der Waals surface area (Å²) in [7, 11) is 1.43. The predicted octanol–water partition coefficient (Wildman–Crippen LogP) is 3.67. The molecule has 4 nitrogen and oxygen atoms in total. The molecule has 94 valence electrons. The molecule has 7 heteroatoms. The van der Waals surface area contributed by atoms with Gasteiger partial charge in [-0.15, -0.1) is 0 Å². The van der Waals surface area contributed by atoms with Crippen molar-refractivity contribution in [1.29, 1.82) is 0 Å². The molecule has 0 spiro atoms. The number of nitrogens with zero attached hydrogens (tertiary/aromatic N) is 2. The molecule has 0 bridgehead atoms. The molecule has 0 saturated heterocycles. The van der Waals surface area contributed by atoms with Gasteiger partial charge in [0.15, 0.2) is 16.7 Å². The highest BCUT2D eigenvalue weighted by atomic mass is 35.5. The number of halogens is 3. The number of aromatic nitrogens is 2. The van der Waals surface area contributed by atoms with Crippen molar-refractivity contribution in [3.8, 4) is 5.75 Å². The first kappa shape index (κ1) is 12.9. The molecule has 18 heavy (non-hydrogen) atoms. The van der Waals surface area contributed by atoms with Gasteiger partial charge >= 0.3 is 0 Å². The fraction of sp³-hybridized carbons (Fsp3) is 0.0909. The van der Waals surface area contributed by atoms with Gasteiger partial charge in [-0.3, -0.25) is 0 Å². The molecule has 0 aliphatic heterocycles. The lowest BCUT2D eigenvalue weighted by atomic mass is 10.3. The average Bonchev–Trinajstić information content (AvgIpc) is 2.34. The third-order valence-electron chi connectivity index (χ3n) is 2.15. The van der Waals surface area contributed by atoms with Gasteiger partial charge < -0.3 is 10.1 Å². The van der Waals surface area contributed by atoms with Crippen LogP contribution in [0.15, 0.2) is 24.5 Å². The number of benzene rings is 1. The van der Waals surface area contributed by atoms with Crippen LogP contribution in [-0.2, 0) is 0 Å². The summed E-state index contributed by atoms with van der Waals surface area (Å²) < 4.78 is 18.2. The molecule has 0 atom stereocenters. The van der Waals surface area contributed by atoms with E-state index >= 15 is 0 Å². The highest BCUT2D eigenvalue weighted by Gasteiger charge is 2.12. The monoisotopic (exact) mass is 287 g/mol. The van der Waals surface area contributed by atoms with E-state index in [1.165, 1.54) is 31.6 Å². The zero-order valence-electron chi connectivity index (χ0n) is 9.25. The maximum atomic E-state index is 13.1. The van der Waals surface area contributed by atoms with Crippen LogP contribution in [0.2, 0.25) is 10.2 Å². The summed E-state index contributed by atoms with van der Waals surface area (Å²) in [5.41, 5.74) is 0.365. The van der Waals surface area contributed by atoms with Crippen LogP contribution in [0, 0.1) is 5.82 Å². The zero-order valence-corrected chi connectivity index (χ0v) is 10.8. The number of nitrogens with one attached hydrogen (secondary N) is 1. The normalized spacial score (nSPS) is 10.2. The molecule has 1 heterocycles. The fourth-order valence-electron chi connectivity index (χ4n) is 1.34. The quantitative estimate of drug-likeness (QED) is 0.875. The maximum absolute atomic E-state index is 13.1. The van der Waals surface area contributed by atoms with Gasteiger partial charge in [-0.25, -0.2) is 14.4 Å². The van der Waals surface area contributed by atoms with E-state index in [2.05, 4.69) is 15.3 Å². The first-order chi connectivity index (χ1) is 8.61. The summed E-state index contributed by atoms with van der Waals surface area (Å²) in [5.74, 6) is 0.158. The highest BCUT2D eigenvalue weighted by Crippen LogP contribution is 2.33. The summed E-state index contributed by atoms with van der Waals surface area (Å²) in [6, 6.07) is 3.95. The second-order valence-corrected chi connectivity index (χ2v) is 4.06. The molecule has 0 fully saturated rings. The van der Waals surface area contributed by atoms with Crippen LogP contribution in [0.4, 0.5) is 15.9 Å². The molecule has 1 N–H and O–H groups in total. The van der Waals surface area contributed by atoms with Crippen molar-refractivity contribution < 1.29 is 9.13 Å². The minimum atomic E-state index is -0.416. The Bertz CT molecular complexity index is 580. The molecule has 1 aromatic carbocycles. The smallest absolute Gasteiger partial charge is 0.199 e. The second-order valence-electron chi connectivity index (χ2n) is 3.30. The lowest BCUT2D eigenvalue weighted by Gasteiger charge is -2.11. The molecule has 1 aromatic heterocycles. The highest BCUT2D eigenvalue weighted by molar-refractivity contribution is 6.33. The van der Waals surface area contributed by atoms with Gasteiger partial charge in [0.05, 0.1) is 17.8 Å². The molecule has 0 radical (unpaired) electrons. The molecule has 0 aliphatic carbocycles. The summed E-state index contributed by atoms with van der Waals surface area (Å²) >= 11 is 11.8. The van der Waals surface area contributed by atoms with Crippen LogP contribution in [-0.4, -0.2) is 17.1 Å². The third kappa shape index (κ3) is 2.63. The number of rotatable bonds is 3. The Kier molecular flexibility index (Phi) is 3.84. The number of hydrogen-bond acceptors (Lipinski definition) is 4. The lowest BCUT2D eigenvalue weighted by Crippen LogP contribution is -2.00. The zero-order chi connectivity index (χ0) is 13.1. The summed E-state index contributed by atoms with van der Waals surface area (Å²) in [4.78, 5) is 7.74. The average molecular weight is 288 g/mol. The van der Waals surface area contributed by atoms with Crippen molar-refractivity contribution in [2.24, 2.45) is 0 Å². The Morgan fingerprint density at radius 3 is 2.78 bits per heavy atom. The molecular formula is C11H8Cl2FN3O. The molecule has 0 amide bonds. The molecule has 0 aliphatic rings. The van der Waals surface area contributed by atoms with Gasteiger partial charge in [-0.1, -0.05) is 23.2 Å². The van der Waals surface area contributed by atoms with E-state index in [1.54, 1.807) is 0 Å². The summed E-state index contributed by atoms with van der Waals surface area (Å²) in [6.07, 6.45) is 1.26. The molecule has 2 aromatic rings. The predicted molar refractivity (Wildman–Crippen MR) is 68.3 cm³/mol. The number of anilines is 2. The first-order valence-electron chi connectivity index (χ1n) is 4.88. The Balaban J connectivity index is 2.40. The largest absolute Gasteiger partial charge is 0.490 e. The lowest BCUT2D eigenvalue weighted by molar-refractivity contribution is 0.413. The van der Waals surface area contributed by atoms with Gasteiger partial charge in [0.25, 0.3) is 0 Å². The summed E-state index contributed by atoms with van der Waals surface area (Å²) in [6.45, 7) is 0. The van der Waals surface area contributed by atoms with Crippen molar-refractivity contribution >= 4 is 34.7 Å². The molecule has 2 rings (SSSR count). The first-order valence-corrected chi connectivity index (χ1v) is 5.64. The minimum absolute atomic E-state index is 0.155. The number of ether oxygens (including phenoxy) is 1. The Morgan fingerprint density at radius 1 is 1.28 bits per heavy atom. The molecular weight excluding hydrogens is 280 g/mol. The SMILES string of the molecule is COc1c(Cl)ncnc1Nc1cc(F)ccc1Cl. The van der Waals surface area contributed by atoms with Crippen molar-refractivity contribution in [1.82, 2.24) is 9.97 Å². The van der Waals surface area contributed by atoms with Crippen molar-refractivity contribution in [2.75, 3.05) is 12.4 Å². The van der Waals surface area contributed by atoms with Crippen molar-refractivity contribution in [3.05, 3.63) is 40.5 Å². The van der Waals surface area contributed by atoms with Crippen molar-refractivity contribution in [3.63, 3.8) is 0 Å². The van der Waals surface area contributed by atoms with E-state index in [0.717, 1.165) is 0 Å².